The van der Waals surface area contributed by atoms with Crippen LogP contribution in [0.15, 0.2) is 35.4 Å². The van der Waals surface area contributed by atoms with Crippen molar-refractivity contribution in [3.8, 4) is 17.2 Å². The molecule has 12 heteroatoms. The number of aromatic nitrogens is 3. The summed E-state index contributed by atoms with van der Waals surface area (Å²) < 4.78 is 32.8. The number of nitrogens with one attached hydrogen (secondary N) is 1. The van der Waals surface area contributed by atoms with E-state index in [0.717, 1.165) is 43.7 Å². The summed E-state index contributed by atoms with van der Waals surface area (Å²) in [6.07, 6.45) is 3.93. The van der Waals surface area contributed by atoms with Gasteiger partial charge in [-0.2, -0.15) is 0 Å². The summed E-state index contributed by atoms with van der Waals surface area (Å²) in [4.78, 5) is 23.6. The van der Waals surface area contributed by atoms with Crippen LogP contribution in [-0.4, -0.2) is 65.4 Å². The van der Waals surface area contributed by atoms with Gasteiger partial charge in [-0.25, -0.2) is 4.39 Å². The summed E-state index contributed by atoms with van der Waals surface area (Å²) in [5, 5.41) is 3.50. The van der Waals surface area contributed by atoms with Gasteiger partial charge in [0.25, 0.3) is 5.56 Å². The van der Waals surface area contributed by atoms with Gasteiger partial charge in [0.15, 0.2) is 23.1 Å². The van der Waals surface area contributed by atoms with Gasteiger partial charge in [-0.1, -0.05) is 0 Å². The van der Waals surface area contributed by atoms with Crippen LogP contribution in [0.25, 0.3) is 11.0 Å². The molecule has 0 bridgehead atoms. The zero-order chi connectivity index (χ0) is 23.1. The molecule has 6 rings (SSSR count). The number of halogens is 3. The Morgan fingerprint density at radius 2 is 1.92 bits per heavy atom. The van der Waals surface area contributed by atoms with Crippen molar-refractivity contribution >= 4 is 35.8 Å². The highest BCUT2D eigenvalue weighted by atomic mass is 35.5. The number of hydrogen-bond acceptors (Lipinski definition) is 8. The van der Waals surface area contributed by atoms with Gasteiger partial charge in [0.05, 0.1) is 29.6 Å². The van der Waals surface area contributed by atoms with Gasteiger partial charge in [0.1, 0.15) is 25.3 Å². The Morgan fingerprint density at radius 3 is 2.78 bits per heavy atom. The molecule has 36 heavy (non-hydrogen) atoms. The van der Waals surface area contributed by atoms with Crippen LogP contribution >= 0.6 is 24.8 Å². The van der Waals surface area contributed by atoms with Crippen LogP contribution in [0.4, 0.5) is 4.39 Å². The molecule has 3 aliphatic heterocycles. The summed E-state index contributed by atoms with van der Waals surface area (Å²) in [5.41, 5.74) is 1.79. The molecular weight excluding hydrogens is 512 g/mol. The maximum absolute atomic E-state index is 14.2. The minimum absolute atomic E-state index is 0. The molecule has 3 aliphatic rings. The fourth-order valence-corrected chi connectivity index (χ4v) is 5.09. The van der Waals surface area contributed by atoms with Crippen LogP contribution in [0, 0.1) is 11.7 Å². The predicted octanol–water partition coefficient (Wildman–Crippen LogP) is 2.59. The normalized spacial score (nSPS) is 20.4. The van der Waals surface area contributed by atoms with E-state index in [-0.39, 0.29) is 48.8 Å². The second-order valence-electron chi connectivity index (χ2n) is 9.04. The molecular formula is C24H28Cl2FN5O4. The van der Waals surface area contributed by atoms with Gasteiger partial charge >= 0.3 is 0 Å². The van der Waals surface area contributed by atoms with Crippen LogP contribution in [0.2, 0.25) is 0 Å². The minimum Gasteiger partial charge on any atom is -0.486 e. The Balaban J connectivity index is 0.00000152. The molecule has 1 N–H and O–H groups in total. The van der Waals surface area contributed by atoms with E-state index in [2.05, 4.69) is 20.2 Å². The molecule has 2 atom stereocenters. The predicted molar refractivity (Wildman–Crippen MR) is 136 cm³/mol. The largest absolute Gasteiger partial charge is 0.486 e. The first-order valence-electron chi connectivity index (χ1n) is 11.7. The lowest BCUT2D eigenvalue weighted by Crippen LogP contribution is -2.39. The van der Waals surface area contributed by atoms with Crippen molar-refractivity contribution in [3.05, 3.63) is 52.5 Å². The molecule has 0 unspecified atom stereocenters. The lowest BCUT2D eigenvalue weighted by atomic mass is 10.1. The second kappa shape index (κ2) is 11.2. The highest BCUT2D eigenvalue weighted by molar-refractivity contribution is 5.85. The molecule has 0 radical (unpaired) electrons. The third-order valence-electron chi connectivity index (χ3n) is 6.70. The van der Waals surface area contributed by atoms with E-state index in [4.69, 9.17) is 14.2 Å². The Hall–Kier alpha value is -2.66. The number of fused-ring (bicyclic) bond motifs is 1. The summed E-state index contributed by atoms with van der Waals surface area (Å²) in [7, 11) is 0. The first kappa shape index (κ1) is 26.4. The molecule has 3 aromatic rings. The highest BCUT2D eigenvalue weighted by Crippen LogP contribution is 2.33. The molecule has 3 aromatic heterocycles. The molecule has 1 saturated heterocycles. The fourth-order valence-electron chi connectivity index (χ4n) is 5.09. The summed E-state index contributed by atoms with van der Waals surface area (Å²) in [5.74, 6) is 1.53. The summed E-state index contributed by atoms with van der Waals surface area (Å²) in [6.45, 7) is 5.48. The Kier molecular flexibility index (Phi) is 8.19. The van der Waals surface area contributed by atoms with Crippen LogP contribution in [0.1, 0.15) is 18.2 Å². The molecule has 0 amide bonds. The zero-order valence-corrected chi connectivity index (χ0v) is 21.2. The van der Waals surface area contributed by atoms with Crippen molar-refractivity contribution in [2.75, 3.05) is 46.0 Å². The number of ether oxygens (including phenoxy) is 3. The smallest absolute Gasteiger partial charge is 0.251 e. The van der Waals surface area contributed by atoms with Crippen molar-refractivity contribution < 1.29 is 18.6 Å². The quantitative estimate of drug-likeness (QED) is 0.511. The molecule has 0 spiro atoms. The molecule has 194 valence electrons. The van der Waals surface area contributed by atoms with Crippen molar-refractivity contribution in [3.63, 3.8) is 0 Å². The van der Waals surface area contributed by atoms with Crippen LogP contribution < -0.4 is 25.1 Å². The third-order valence-corrected chi connectivity index (χ3v) is 6.70. The maximum Gasteiger partial charge on any atom is 0.251 e. The minimum atomic E-state index is -0.537. The van der Waals surface area contributed by atoms with Crippen LogP contribution in [-0.2, 0) is 6.54 Å². The number of likely N-dealkylation sites (tertiary alicyclic amines) is 1. The lowest BCUT2D eigenvalue weighted by molar-refractivity contribution is 0.170. The van der Waals surface area contributed by atoms with Gasteiger partial charge in [-0.05, 0) is 31.5 Å². The zero-order valence-electron chi connectivity index (χ0n) is 19.5. The SMILES string of the molecule is Cl.Cl.O=c1ccc2ncc(F)c3c2n1[C@H](CN1CC[C@@H](CNCc2cc4c(cn2)OCCO4)C1)CO3. The Bertz CT molecular complexity index is 1290. The summed E-state index contributed by atoms with van der Waals surface area (Å²) >= 11 is 0. The van der Waals surface area contributed by atoms with E-state index in [9.17, 15) is 9.18 Å². The number of rotatable bonds is 6. The van der Waals surface area contributed by atoms with Crippen molar-refractivity contribution in [1.82, 2.24) is 24.8 Å². The average Bonchev–Trinajstić information content (AvgIpc) is 3.30. The first-order chi connectivity index (χ1) is 16.7. The molecule has 9 nitrogen and oxygen atoms in total. The van der Waals surface area contributed by atoms with Gasteiger partial charge < -0.3 is 24.4 Å². The number of pyridine rings is 3. The molecule has 0 saturated carbocycles. The molecule has 0 aromatic carbocycles. The van der Waals surface area contributed by atoms with E-state index < -0.39 is 5.82 Å². The van der Waals surface area contributed by atoms with Gasteiger partial charge in [0.2, 0.25) is 0 Å². The summed E-state index contributed by atoms with van der Waals surface area (Å²) in [6, 6.07) is 4.87. The third kappa shape index (κ3) is 5.08. The average molecular weight is 540 g/mol. The monoisotopic (exact) mass is 539 g/mol. The lowest BCUT2D eigenvalue weighted by Gasteiger charge is -2.31. The second-order valence-corrected chi connectivity index (χ2v) is 9.04. The van der Waals surface area contributed by atoms with E-state index in [1.54, 1.807) is 16.8 Å². The van der Waals surface area contributed by atoms with Gasteiger partial charge in [-0.15, -0.1) is 24.8 Å². The highest BCUT2D eigenvalue weighted by Gasteiger charge is 2.30. The van der Waals surface area contributed by atoms with Crippen molar-refractivity contribution in [2.24, 2.45) is 5.92 Å². The number of nitrogens with zero attached hydrogens (tertiary/aromatic N) is 4. The van der Waals surface area contributed by atoms with E-state index in [1.165, 1.54) is 6.07 Å². The van der Waals surface area contributed by atoms with Crippen molar-refractivity contribution in [1.29, 1.82) is 0 Å². The number of hydrogen-bond donors (Lipinski definition) is 1. The molecule has 1 fully saturated rings. The first-order valence-corrected chi connectivity index (χ1v) is 11.7. The standard InChI is InChI=1S/C24H26FN5O4.2ClH/c25-18-10-28-19-1-2-22(31)30-17(14-34-24(18)23(19)30)13-29-4-3-15(12-29)8-26-9-16-7-20-21(11-27-16)33-6-5-32-20;;/h1-2,7,10-11,15,17,26H,3-6,8-9,12-14H2;2*1H/t15-,17+;;/m0../s1. The Morgan fingerprint density at radius 1 is 1.08 bits per heavy atom. The Labute approximate surface area is 219 Å². The van der Waals surface area contributed by atoms with E-state index in [0.29, 0.717) is 49.0 Å². The van der Waals surface area contributed by atoms with E-state index in [1.807, 2.05) is 6.07 Å². The van der Waals surface area contributed by atoms with Crippen molar-refractivity contribution in [2.45, 2.75) is 19.0 Å². The van der Waals surface area contributed by atoms with Crippen LogP contribution in [0.3, 0.4) is 0 Å². The molecule has 6 heterocycles. The van der Waals surface area contributed by atoms with E-state index >= 15 is 0 Å². The molecule has 0 aliphatic carbocycles. The van der Waals surface area contributed by atoms with Gasteiger partial charge in [0, 0.05) is 31.8 Å². The fraction of sp³-hybridized carbons (Fsp3) is 0.458. The van der Waals surface area contributed by atoms with Crippen LogP contribution in [0.5, 0.6) is 17.2 Å². The van der Waals surface area contributed by atoms with Gasteiger partial charge in [-0.3, -0.25) is 19.3 Å². The topological polar surface area (TPSA) is 90.7 Å². The maximum atomic E-state index is 14.2.